The minimum Gasteiger partial charge on any atom is -0.335 e. The van der Waals surface area contributed by atoms with Crippen molar-refractivity contribution in [2.45, 2.75) is 13.5 Å². The van der Waals surface area contributed by atoms with Gasteiger partial charge in [-0.05, 0) is 31.2 Å². The van der Waals surface area contributed by atoms with Crippen LogP contribution in [0.4, 0.5) is 5.69 Å². The Kier molecular flexibility index (Phi) is 3.64. The zero-order valence-corrected chi connectivity index (χ0v) is 12.3. The average Bonchev–Trinajstić information content (AvgIpc) is 2.87. The predicted octanol–water partition coefficient (Wildman–Crippen LogP) is 1.99. The Bertz CT molecular complexity index is 899. The number of anilines is 1. The summed E-state index contributed by atoms with van der Waals surface area (Å²) in [5, 5.41) is 7.22. The lowest BCUT2D eigenvalue weighted by Crippen LogP contribution is -2.27. The van der Waals surface area contributed by atoms with Crippen molar-refractivity contribution in [3.05, 3.63) is 51.7 Å². The van der Waals surface area contributed by atoms with Gasteiger partial charge in [-0.25, -0.2) is 4.98 Å². The zero-order chi connectivity index (χ0) is 15.7. The second-order valence-electron chi connectivity index (χ2n) is 4.68. The van der Waals surface area contributed by atoms with Crippen LogP contribution in [0.3, 0.4) is 0 Å². The van der Waals surface area contributed by atoms with E-state index in [9.17, 15) is 9.59 Å². The fourth-order valence-electron chi connectivity index (χ4n) is 2.01. The van der Waals surface area contributed by atoms with Gasteiger partial charge in [-0.3, -0.25) is 14.2 Å². The summed E-state index contributed by atoms with van der Waals surface area (Å²) in [6.07, 6.45) is 1.26. The van der Waals surface area contributed by atoms with Crippen LogP contribution < -0.4 is 10.9 Å². The number of hydrogen-bond donors (Lipinski definition) is 1. The molecular weight excluding hydrogens is 308 g/mol. The largest absolute Gasteiger partial charge is 0.335 e. The first-order valence-electron chi connectivity index (χ1n) is 6.41. The van der Waals surface area contributed by atoms with Crippen LogP contribution in [0.15, 0.2) is 39.9 Å². The molecule has 0 aliphatic heterocycles. The van der Waals surface area contributed by atoms with Crippen LogP contribution in [0.5, 0.6) is 0 Å². The summed E-state index contributed by atoms with van der Waals surface area (Å²) < 4.78 is 6.11. The van der Waals surface area contributed by atoms with Gasteiger partial charge in [0.15, 0.2) is 0 Å². The minimum absolute atomic E-state index is 0.158. The number of benzene rings is 1. The van der Waals surface area contributed by atoms with Gasteiger partial charge in [-0.15, -0.1) is 0 Å². The van der Waals surface area contributed by atoms with Crippen LogP contribution in [0.25, 0.3) is 11.1 Å². The minimum atomic E-state index is -0.366. The number of nitrogens with one attached hydrogen (secondary N) is 1. The van der Waals surface area contributed by atoms with Crippen molar-refractivity contribution in [1.82, 2.24) is 14.7 Å². The number of nitrogens with zero attached hydrogens (tertiary/aromatic N) is 3. The van der Waals surface area contributed by atoms with E-state index in [0.717, 1.165) is 0 Å². The lowest BCUT2D eigenvalue weighted by molar-refractivity contribution is -0.116. The number of rotatable bonds is 3. The summed E-state index contributed by atoms with van der Waals surface area (Å²) in [5.74, 6) is -0.348. The summed E-state index contributed by atoms with van der Waals surface area (Å²) in [6, 6.07) is 6.68. The van der Waals surface area contributed by atoms with Crippen LogP contribution in [0.1, 0.15) is 5.69 Å². The number of fused-ring (bicyclic) bond motifs is 1. The second kappa shape index (κ2) is 5.61. The van der Waals surface area contributed by atoms with Gasteiger partial charge in [0.2, 0.25) is 5.91 Å². The maximum Gasteiger partial charge on any atom is 0.267 e. The van der Waals surface area contributed by atoms with E-state index in [4.69, 9.17) is 16.1 Å². The molecule has 0 unspecified atom stereocenters. The summed E-state index contributed by atoms with van der Waals surface area (Å²) >= 11 is 5.78. The molecule has 0 atom stereocenters. The van der Waals surface area contributed by atoms with E-state index in [-0.39, 0.29) is 29.1 Å². The van der Waals surface area contributed by atoms with Crippen molar-refractivity contribution in [3.63, 3.8) is 0 Å². The Morgan fingerprint density at radius 1 is 1.36 bits per heavy atom. The zero-order valence-electron chi connectivity index (χ0n) is 11.5. The van der Waals surface area contributed by atoms with Crippen LogP contribution in [0.2, 0.25) is 5.02 Å². The number of aryl methyl sites for hydroxylation is 1. The molecule has 1 aromatic carbocycles. The van der Waals surface area contributed by atoms with E-state index < -0.39 is 0 Å². The molecule has 0 saturated carbocycles. The topological polar surface area (TPSA) is 90.0 Å². The monoisotopic (exact) mass is 318 g/mol. The number of carbonyl (C=O) groups excluding carboxylic acids is 1. The van der Waals surface area contributed by atoms with E-state index >= 15 is 0 Å². The summed E-state index contributed by atoms with van der Waals surface area (Å²) in [5.41, 5.74) is 0.837. The summed E-state index contributed by atoms with van der Waals surface area (Å²) in [7, 11) is 0. The molecule has 0 fully saturated rings. The number of amides is 1. The molecule has 1 N–H and O–H groups in total. The maximum absolute atomic E-state index is 12.3. The van der Waals surface area contributed by atoms with Gasteiger partial charge in [0.25, 0.3) is 11.3 Å². The highest BCUT2D eigenvalue weighted by atomic mass is 35.5. The average molecular weight is 319 g/mol. The summed E-state index contributed by atoms with van der Waals surface area (Å²) in [4.78, 5) is 28.2. The Balaban J connectivity index is 1.82. The van der Waals surface area contributed by atoms with Crippen LogP contribution in [-0.2, 0) is 11.3 Å². The van der Waals surface area contributed by atoms with Crippen LogP contribution in [-0.4, -0.2) is 20.6 Å². The van der Waals surface area contributed by atoms with Gasteiger partial charge in [0.1, 0.15) is 18.3 Å². The van der Waals surface area contributed by atoms with Gasteiger partial charge >= 0.3 is 0 Å². The van der Waals surface area contributed by atoms with Crippen molar-refractivity contribution < 1.29 is 9.32 Å². The highest BCUT2D eigenvalue weighted by molar-refractivity contribution is 6.30. The molecule has 3 aromatic rings. The van der Waals surface area contributed by atoms with Gasteiger partial charge in [-0.2, -0.15) is 0 Å². The molecule has 3 rings (SSSR count). The van der Waals surface area contributed by atoms with Crippen LogP contribution in [0, 0.1) is 6.92 Å². The molecule has 0 aliphatic rings. The quantitative estimate of drug-likeness (QED) is 0.797. The van der Waals surface area contributed by atoms with Crippen molar-refractivity contribution in [2.75, 3.05) is 5.32 Å². The molecule has 0 spiro atoms. The molecule has 1 amide bonds. The molecule has 2 heterocycles. The van der Waals surface area contributed by atoms with Gasteiger partial charge < -0.3 is 9.84 Å². The molecule has 0 bridgehead atoms. The van der Waals surface area contributed by atoms with Gasteiger partial charge in [-0.1, -0.05) is 16.8 Å². The molecule has 0 radical (unpaired) electrons. The van der Waals surface area contributed by atoms with E-state index in [1.165, 1.54) is 10.9 Å². The lowest BCUT2D eigenvalue weighted by Gasteiger charge is -2.07. The molecule has 8 heteroatoms. The number of halogens is 1. The van der Waals surface area contributed by atoms with Crippen molar-refractivity contribution in [3.8, 4) is 0 Å². The SMILES string of the molecule is Cc1noc2ncn(CC(=O)Nc3ccc(Cl)cc3)c(=O)c12. The molecule has 0 aliphatic carbocycles. The second-order valence-corrected chi connectivity index (χ2v) is 5.12. The molecular formula is C14H11ClN4O3. The predicted molar refractivity (Wildman–Crippen MR) is 80.9 cm³/mol. The molecule has 2 aromatic heterocycles. The Hall–Kier alpha value is -2.67. The normalized spacial score (nSPS) is 10.8. The number of carbonyl (C=O) groups is 1. The molecule has 112 valence electrons. The van der Waals surface area contributed by atoms with Crippen molar-refractivity contribution >= 4 is 34.3 Å². The lowest BCUT2D eigenvalue weighted by atomic mass is 10.3. The fraction of sp³-hybridized carbons (Fsp3) is 0.143. The standard InChI is InChI=1S/C14H11ClN4O3/c1-8-12-13(22-18-8)16-7-19(14(12)21)6-11(20)17-10-4-2-9(15)3-5-10/h2-5,7H,6H2,1H3,(H,17,20). The smallest absolute Gasteiger partial charge is 0.267 e. The third-order valence-electron chi connectivity index (χ3n) is 3.08. The van der Waals surface area contributed by atoms with E-state index in [2.05, 4.69) is 15.5 Å². The number of aromatic nitrogens is 3. The van der Waals surface area contributed by atoms with Gasteiger partial charge in [0, 0.05) is 10.7 Å². The first-order valence-corrected chi connectivity index (χ1v) is 6.79. The molecule has 22 heavy (non-hydrogen) atoms. The Morgan fingerprint density at radius 2 is 2.09 bits per heavy atom. The first-order chi connectivity index (χ1) is 10.5. The molecule has 7 nitrogen and oxygen atoms in total. The first kappa shape index (κ1) is 14.3. The summed E-state index contributed by atoms with van der Waals surface area (Å²) in [6.45, 7) is 1.49. The van der Waals surface area contributed by atoms with Crippen molar-refractivity contribution in [1.29, 1.82) is 0 Å². The third kappa shape index (κ3) is 2.71. The Labute approximate surface area is 129 Å². The van der Waals surface area contributed by atoms with Crippen LogP contribution >= 0.6 is 11.6 Å². The van der Waals surface area contributed by atoms with E-state index in [1.54, 1.807) is 31.2 Å². The fourth-order valence-corrected chi connectivity index (χ4v) is 2.14. The van der Waals surface area contributed by atoms with Crippen molar-refractivity contribution in [2.24, 2.45) is 0 Å². The van der Waals surface area contributed by atoms with Gasteiger partial charge in [0.05, 0.1) is 5.69 Å². The highest BCUT2D eigenvalue weighted by Gasteiger charge is 2.13. The van der Waals surface area contributed by atoms with E-state index in [0.29, 0.717) is 16.4 Å². The number of hydrogen-bond acceptors (Lipinski definition) is 5. The maximum atomic E-state index is 12.3. The highest BCUT2D eigenvalue weighted by Crippen LogP contribution is 2.13. The Morgan fingerprint density at radius 3 is 2.82 bits per heavy atom. The van der Waals surface area contributed by atoms with E-state index in [1.807, 2.05) is 0 Å². The third-order valence-corrected chi connectivity index (χ3v) is 3.33. The molecule has 0 saturated heterocycles.